The SMILES string of the molecule is CC1(C)C(/C=C/C2=C(NC(CCN)C(=O)O)C(=C/CC3N(CCCS(=O)(=O)O)c4ccc(S(=O)(=O)O)cc4C3(C)C)/CCC2)=[N+](CCCS(=O)(=O)O)c2ccc(S(=O)(=O)O)cc21. The van der Waals surface area contributed by atoms with Crippen LogP contribution in [-0.2, 0) is 56.1 Å². The number of fused-ring (bicyclic) bond motifs is 2. The highest BCUT2D eigenvalue weighted by Gasteiger charge is 2.46. The van der Waals surface area contributed by atoms with Crippen molar-refractivity contribution in [3.8, 4) is 0 Å². The largest absolute Gasteiger partial charge is 0.480 e. The molecule has 0 saturated carbocycles. The molecule has 2 aromatic rings. The summed E-state index contributed by atoms with van der Waals surface area (Å²) in [6, 6.07) is 6.84. The summed E-state index contributed by atoms with van der Waals surface area (Å²) >= 11 is 0. The standard InChI is InChI=1S/C40H54N4O14S4/c1-39(2)30-24-28(61(53,54)55)12-14-33(30)43(20-6-22-59(47,48)49)35(39)16-10-26-8-5-9-27(37(26)42-32(18-19-41)38(45)46)11-17-36-40(3,4)31-25-29(62(56,57)58)13-15-34(31)44(36)21-7-23-60(50,51)52/h10-16,24-25,32,36H,5-9,17-23,41H2,1-4H3,(H5,45,46,47,48,49,50,51,52,53,54,55,56,57,58)/p+1/b27-11+. The second-order valence-electron chi connectivity index (χ2n) is 16.8. The smallest absolute Gasteiger partial charge is 0.326 e. The Labute approximate surface area is 363 Å². The zero-order chi connectivity index (χ0) is 46.2. The van der Waals surface area contributed by atoms with Crippen molar-refractivity contribution in [2.45, 2.75) is 105 Å². The first-order valence-electron chi connectivity index (χ1n) is 19.9. The quantitative estimate of drug-likeness (QED) is 0.0774. The molecule has 2 atom stereocenters. The maximum absolute atomic E-state index is 12.5. The lowest BCUT2D eigenvalue weighted by Gasteiger charge is -2.35. The van der Waals surface area contributed by atoms with Crippen molar-refractivity contribution in [1.82, 2.24) is 5.32 Å². The first kappa shape index (κ1) is 49.0. The highest BCUT2D eigenvalue weighted by atomic mass is 32.2. The van der Waals surface area contributed by atoms with Crippen LogP contribution in [0, 0.1) is 0 Å². The van der Waals surface area contributed by atoms with E-state index in [2.05, 4.69) is 5.32 Å². The zero-order valence-corrected chi connectivity index (χ0v) is 38.1. The van der Waals surface area contributed by atoms with Gasteiger partial charge in [-0.25, -0.2) is 4.79 Å². The number of allylic oxidation sites excluding steroid dienone is 4. The molecule has 0 bridgehead atoms. The Morgan fingerprint density at radius 1 is 0.871 bits per heavy atom. The van der Waals surface area contributed by atoms with Gasteiger partial charge in [0, 0.05) is 53.5 Å². The molecule has 3 aliphatic rings. The van der Waals surface area contributed by atoms with E-state index in [1.165, 1.54) is 30.3 Å². The van der Waals surface area contributed by atoms with E-state index in [-0.39, 0.29) is 48.7 Å². The minimum Gasteiger partial charge on any atom is -0.480 e. The monoisotopic (exact) mass is 943 g/mol. The van der Waals surface area contributed by atoms with Gasteiger partial charge in [0.25, 0.3) is 40.5 Å². The van der Waals surface area contributed by atoms with Gasteiger partial charge in [0.15, 0.2) is 5.71 Å². The Morgan fingerprint density at radius 2 is 1.47 bits per heavy atom. The second-order valence-corrected chi connectivity index (χ2v) is 22.8. The van der Waals surface area contributed by atoms with Gasteiger partial charge in [-0.2, -0.15) is 38.2 Å². The number of nitrogens with two attached hydrogens (primary N) is 1. The minimum atomic E-state index is -4.58. The van der Waals surface area contributed by atoms with Crippen molar-refractivity contribution < 1.29 is 66.4 Å². The summed E-state index contributed by atoms with van der Waals surface area (Å²) in [5.74, 6) is -2.18. The molecule has 1 aliphatic carbocycles. The molecule has 2 heterocycles. The molecule has 5 rings (SSSR count). The summed E-state index contributed by atoms with van der Waals surface area (Å²) < 4.78 is 136. The summed E-state index contributed by atoms with van der Waals surface area (Å²) in [4.78, 5) is 13.8. The molecule has 2 aromatic carbocycles. The molecular formula is C40H55N4O14S4+. The number of carboxylic acid groups (broad SMARTS) is 1. The van der Waals surface area contributed by atoms with Gasteiger partial charge in [-0.3, -0.25) is 18.2 Å². The number of nitrogens with zero attached hydrogens (tertiary/aromatic N) is 2. The van der Waals surface area contributed by atoms with Gasteiger partial charge < -0.3 is 21.1 Å². The third-order valence-corrected chi connectivity index (χ3v) is 15.2. The summed E-state index contributed by atoms with van der Waals surface area (Å²) in [5, 5.41) is 13.4. The Hall–Kier alpha value is -4.00. The van der Waals surface area contributed by atoms with Crippen molar-refractivity contribution in [1.29, 1.82) is 0 Å². The number of anilines is 1. The van der Waals surface area contributed by atoms with E-state index >= 15 is 0 Å². The molecule has 342 valence electrons. The maximum Gasteiger partial charge on any atom is 0.326 e. The predicted octanol–water partition coefficient (Wildman–Crippen LogP) is 3.98. The fourth-order valence-electron chi connectivity index (χ4n) is 8.77. The third kappa shape index (κ3) is 11.2. The lowest BCUT2D eigenvalue weighted by atomic mass is 9.78. The molecule has 0 aromatic heterocycles. The lowest BCUT2D eigenvalue weighted by Crippen LogP contribution is -2.42. The number of hydrogen-bond acceptors (Lipinski definition) is 12. The molecule has 2 aliphatic heterocycles. The number of rotatable bonds is 19. The topological polar surface area (TPSA) is 299 Å². The van der Waals surface area contributed by atoms with E-state index in [1.54, 1.807) is 12.1 Å². The van der Waals surface area contributed by atoms with Gasteiger partial charge in [0.1, 0.15) is 12.6 Å². The molecule has 62 heavy (non-hydrogen) atoms. The third-order valence-electron chi connectivity index (χ3n) is 11.9. The number of nitrogens with one attached hydrogen (secondary N) is 1. The summed E-state index contributed by atoms with van der Waals surface area (Å²) in [6.45, 7) is 7.82. The van der Waals surface area contributed by atoms with Crippen LogP contribution in [0.25, 0.3) is 0 Å². The number of carboxylic acids is 1. The van der Waals surface area contributed by atoms with Crippen molar-refractivity contribution in [3.63, 3.8) is 0 Å². The van der Waals surface area contributed by atoms with Crippen molar-refractivity contribution in [2.75, 3.05) is 36.0 Å². The summed E-state index contributed by atoms with van der Waals surface area (Å²) in [5.41, 5.74) is 9.14. The second kappa shape index (κ2) is 18.2. The average Bonchev–Trinajstić information content (AvgIpc) is 3.48. The number of carbonyl (C=O) groups is 1. The predicted molar refractivity (Wildman–Crippen MR) is 233 cm³/mol. The molecule has 0 radical (unpaired) electrons. The van der Waals surface area contributed by atoms with Crippen LogP contribution in [0.1, 0.15) is 83.8 Å². The molecule has 2 unspecified atom stereocenters. The van der Waals surface area contributed by atoms with E-state index in [4.69, 9.17) is 5.73 Å². The zero-order valence-electron chi connectivity index (χ0n) is 34.9. The number of benzene rings is 2. The van der Waals surface area contributed by atoms with Crippen LogP contribution < -0.4 is 16.0 Å². The van der Waals surface area contributed by atoms with E-state index in [0.29, 0.717) is 59.6 Å². The Bertz CT molecular complexity index is 2690. The van der Waals surface area contributed by atoms with Crippen LogP contribution in [0.15, 0.2) is 81.3 Å². The highest BCUT2D eigenvalue weighted by Crippen LogP contribution is 2.48. The Morgan fingerprint density at radius 3 is 2.05 bits per heavy atom. The van der Waals surface area contributed by atoms with Gasteiger partial charge in [0.05, 0.1) is 26.7 Å². The van der Waals surface area contributed by atoms with Crippen LogP contribution in [0.3, 0.4) is 0 Å². The molecule has 0 spiro atoms. The van der Waals surface area contributed by atoms with E-state index in [9.17, 15) is 61.8 Å². The fraction of sp³-hybridized carbons (Fsp3) is 0.500. The highest BCUT2D eigenvalue weighted by molar-refractivity contribution is 7.86. The van der Waals surface area contributed by atoms with Crippen LogP contribution in [0.2, 0.25) is 0 Å². The van der Waals surface area contributed by atoms with E-state index < -0.39 is 80.9 Å². The van der Waals surface area contributed by atoms with Gasteiger partial charge in [-0.1, -0.05) is 26.0 Å². The van der Waals surface area contributed by atoms with E-state index in [1.807, 2.05) is 49.3 Å². The van der Waals surface area contributed by atoms with Gasteiger partial charge in [-0.05, 0) is 106 Å². The van der Waals surface area contributed by atoms with Crippen molar-refractivity contribution in [2.24, 2.45) is 5.73 Å². The molecule has 0 saturated heterocycles. The fourth-order valence-corrected chi connectivity index (χ4v) is 10.8. The van der Waals surface area contributed by atoms with Crippen molar-refractivity contribution in [3.05, 3.63) is 82.6 Å². The van der Waals surface area contributed by atoms with Gasteiger partial charge in [0.2, 0.25) is 5.69 Å². The maximum atomic E-state index is 12.5. The van der Waals surface area contributed by atoms with E-state index in [0.717, 1.165) is 11.1 Å². The summed E-state index contributed by atoms with van der Waals surface area (Å²) in [6.07, 6.45) is 7.73. The van der Waals surface area contributed by atoms with Crippen LogP contribution >= 0.6 is 0 Å². The van der Waals surface area contributed by atoms with Crippen molar-refractivity contribution >= 4 is 63.5 Å². The van der Waals surface area contributed by atoms with Gasteiger partial charge in [-0.15, -0.1) is 0 Å². The minimum absolute atomic E-state index is 0.0127. The molecule has 22 heteroatoms. The normalized spacial score (nSPS) is 20.2. The van der Waals surface area contributed by atoms with Gasteiger partial charge >= 0.3 is 5.97 Å². The first-order valence-corrected chi connectivity index (χ1v) is 26.0. The number of aliphatic carboxylic acids is 1. The average molecular weight is 944 g/mol. The molecule has 8 N–H and O–H groups in total. The van der Waals surface area contributed by atoms with Crippen LogP contribution in [0.5, 0.6) is 0 Å². The first-order chi connectivity index (χ1) is 28.6. The van der Waals surface area contributed by atoms with Crippen LogP contribution in [-0.4, -0.2) is 116 Å². The molecule has 0 fully saturated rings. The summed E-state index contributed by atoms with van der Waals surface area (Å²) in [7, 11) is -17.7. The molecular weight excluding hydrogens is 889 g/mol. The molecule has 18 nitrogen and oxygen atoms in total. The van der Waals surface area contributed by atoms with Crippen LogP contribution in [0.4, 0.5) is 11.4 Å². The Kier molecular flexibility index (Phi) is 14.4. The lowest BCUT2D eigenvalue weighted by molar-refractivity contribution is -0.437. The Balaban J connectivity index is 1.62. The number of hydrogen-bond donors (Lipinski definition) is 7. The molecule has 0 amide bonds.